The number of hydrogen-bond donors (Lipinski definition) is 1. The molecule has 4 aromatic rings. The van der Waals surface area contributed by atoms with E-state index in [9.17, 15) is 13.6 Å². The minimum atomic E-state index is -0.566. The number of thiophene rings is 1. The predicted molar refractivity (Wildman–Crippen MR) is 123 cm³/mol. The molecule has 6 nitrogen and oxygen atoms in total. The number of aromatic nitrogens is 3. The summed E-state index contributed by atoms with van der Waals surface area (Å²) >= 11 is 1.15. The second kappa shape index (κ2) is 8.99. The fraction of sp³-hybridized carbons (Fsp3) is 0.292. The summed E-state index contributed by atoms with van der Waals surface area (Å²) in [6, 6.07) is 9.20. The minimum absolute atomic E-state index is 0.0322. The van der Waals surface area contributed by atoms with Gasteiger partial charge < -0.3 is 14.6 Å². The number of aryl methyl sites for hydroxylation is 1. The van der Waals surface area contributed by atoms with Crippen LogP contribution in [0.5, 0.6) is 0 Å². The van der Waals surface area contributed by atoms with Crippen molar-refractivity contribution in [2.24, 2.45) is 0 Å². The lowest BCUT2D eigenvalue weighted by atomic mass is 10.1. The molecule has 0 aliphatic carbocycles. The molecule has 2 aromatic carbocycles. The molecule has 0 saturated heterocycles. The fourth-order valence-corrected chi connectivity index (χ4v) is 5.39. The van der Waals surface area contributed by atoms with E-state index in [-0.39, 0.29) is 17.2 Å². The van der Waals surface area contributed by atoms with Crippen LogP contribution in [0, 0.1) is 11.6 Å². The van der Waals surface area contributed by atoms with E-state index in [0.717, 1.165) is 49.4 Å². The van der Waals surface area contributed by atoms with Crippen LogP contribution in [0.4, 0.5) is 14.5 Å². The molecule has 1 aliphatic rings. The summed E-state index contributed by atoms with van der Waals surface area (Å²) in [6.07, 6.45) is 4.10. The van der Waals surface area contributed by atoms with Gasteiger partial charge in [0.1, 0.15) is 17.5 Å². The van der Waals surface area contributed by atoms with Gasteiger partial charge in [-0.3, -0.25) is 4.79 Å². The molecular weight excluding hydrogens is 446 g/mol. The monoisotopic (exact) mass is 468 g/mol. The van der Waals surface area contributed by atoms with Gasteiger partial charge in [-0.1, -0.05) is 12.5 Å². The van der Waals surface area contributed by atoms with Crippen LogP contribution in [0.15, 0.2) is 36.4 Å². The third kappa shape index (κ3) is 4.02. The Morgan fingerprint density at radius 1 is 1.15 bits per heavy atom. The summed E-state index contributed by atoms with van der Waals surface area (Å²) in [5.41, 5.74) is 1.16. The lowest BCUT2D eigenvalue weighted by Crippen LogP contribution is -2.14. The first-order valence-electron chi connectivity index (χ1n) is 10.8. The Morgan fingerprint density at radius 3 is 2.88 bits per heavy atom. The summed E-state index contributed by atoms with van der Waals surface area (Å²) in [7, 11) is 1.48. The Hall–Kier alpha value is -3.17. The van der Waals surface area contributed by atoms with Gasteiger partial charge in [0.05, 0.1) is 17.2 Å². The molecule has 170 valence electrons. The van der Waals surface area contributed by atoms with Crippen molar-refractivity contribution in [2.75, 3.05) is 12.4 Å². The summed E-state index contributed by atoms with van der Waals surface area (Å²) in [5, 5.41) is 11.6. The van der Waals surface area contributed by atoms with Gasteiger partial charge in [0.25, 0.3) is 5.91 Å². The fourth-order valence-electron chi connectivity index (χ4n) is 4.27. The van der Waals surface area contributed by atoms with Gasteiger partial charge in [0, 0.05) is 41.3 Å². The number of halogens is 2. The Labute approximate surface area is 193 Å². The van der Waals surface area contributed by atoms with E-state index in [1.807, 2.05) is 0 Å². The minimum Gasteiger partial charge on any atom is -0.380 e. The highest BCUT2D eigenvalue weighted by Gasteiger charge is 2.22. The van der Waals surface area contributed by atoms with Crippen molar-refractivity contribution >= 4 is 33.0 Å². The van der Waals surface area contributed by atoms with Crippen molar-refractivity contribution in [3.8, 4) is 11.4 Å². The number of hydrogen-bond acceptors (Lipinski definition) is 5. The maximum Gasteiger partial charge on any atom is 0.266 e. The van der Waals surface area contributed by atoms with Gasteiger partial charge in [-0.05, 0) is 43.2 Å². The van der Waals surface area contributed by atoms with Gasteiger partial charge in [-0.15, -0.1) is 21.5 Å². The highest BCUT2D eigenvalue weighted by atomic mass is 32.1. The van der Waals surface area contributed by atoms with Crippen LogP contribution in [0.3, 0.4) is 0 Å². The number of anilines is 1. The SMILES string of the molecule is COCc1c(C(=O)Nc2cc(-c3nnc4n3CCCCC4)ccc2F)sc2cccc(F)c12. The molecule has 0 radical (unpaired) electrons. The van der Waals surface area contributed by atoms with E-state index >= 15 is 0 Å². The third-order valence-corrected chi connectivity index (χ3v) is 7.04. The molecule has 3 heterocycles. The summed E-state index contributed by atoms with van der Waals surface area (Å²) < 4.78 is 37.0. The topological polar surface area (TPSA) is 69.0 Å². The molecule has 0 unspecified atom stereocenters. The smallest absolute Gasteiger partial charge is 0.266 e. The van der Waals surface area contributed by atoms with Crippen molar-refractivity contribution in [3.63, 3.8) is 0 Å². The van der Waals surface area contributed by atoms with E-state index in [4.69, 9.17) is 4.74 Å². The summed E-state index contributed by atoms with van der Waals surface area (Å²) in [5.74, 6) is 0.0814. The molecule has 33 heavy (non-hydrogen) atoms. The first kappa shape index (κ1) is 21.7. The van der Waals surface area contributed by atoms with Crippen molar-refractivity contribution in [2.45, 2.75) is 38.8 Å². The number of carbonyl (C=O) groups excluding carboxylic acids is 1. The van der Waals surface area contributed by atoms with Gasteiger partial charge in [-0.25, -0.2) is 8.78 Å². The first-order chi connectivity index (χ1) is 16.1. The number of nitrogens with one attached hydrogen (secondary N) is 1. The number of rotatable bonds is 5. The van der Waals surface area contributed by atoms with Crippen molar-refractivity contribution in [1.82, 2.24) is 14.8 Å². The van der Waals surface area contributed by atoms with E-state index in [0.29, 0.717) is 27.0 Å². The largest absolute Gasteiger partial charge is 0.380 e. The number of carbonyl (C=O) groups is 1. The highest BCUT2D eigenvalue weighted by molar-refractivity contribution is 7.21. The average molecular weight is 469 g/mol. The van der Waals surface area contributed by atoms with Gasteiger partial charge in [0.2, 0.25) is 0 Å². The molecule has 0 bridgehead atoms. The van der Waals surface area contributed by atoms with Crippen molar-refractivity contribution in [3.05, 3.63) is 64.3 Å². The lowest BCUT2D eigenvalue weighted by Gasteiger charge is -2.11. The van der Waals surface area contributed by atoms with Crippen LogP contribution in [0.1, 0.15) is 40.3 Å². The van der Waals surface area contributed by atoms with E-state index < -0.39 is 17.5 Å². The molecule has 0 atom stereocenters. The van der Waals surface area contributed by atoms with E-state index in [1.165, 1.54) is 19.2 Å². The first-order valence-corrected chi connectivity index (χ1v) is 11.6. The Kier molecular flexibility index (Phi) is 5.90. The van der Waals surface area contributed by atoms with Crippen molar-refractivity contribution < 1.29 is 18.3 Å². The summed E-state index contributed by atoms with van der Waals surface area (Å²) in [6.45, 7) is 0.878. The van der Waals surface area contributed by atoms with E-state index in [2.05, 4.69) is 20.1 Å². The quantitative estimate of drug-likeness (QED) is 0.416. The Morgan fingerprint density at radius 2 is 2.03 bits per heavy atom. The van der Waals surface area contributed by atoms with Crippen LogP contribution in [-0.4, -0.2) is 27.8 Å². The predicted octanol–water partition coefficient (Wildman–Crippen LogP) is 5.56. The number of amides is 1. The Bertz CT molecular complexity index is 1350. The Balaban J connectivity index is 1.50. The van der Waals surface area contributed by atoms with Crippen LogP contribution >= 0.6 is 11.3 Å². The van der Waals surface area contributed by atoms with Crippen LogP contribution in [0.25, 0.3) is 21.5 Å². The van der Waals surface area contributed by atoms with Crippen LogP contribution in [0.2, 0.25) is 0 Å². The maximum atomic E-state index is 14.7. The molecule has 0 saturated carbocycles. The van der Waals surface area contributed by atoms with Crippen LogP contribution in [-0.2, 0) is 24.3 Å². The van der Waals surface area contributed by atoms with E-state index in [1.54, 1.807) is 24.3 Å². The zero-order valence-electron chi connectivity index (χ0n) is 18.0. The number of benzene rings is 2. The zero-order chi connectivity index (χ0) is 22.9. The molecule has 1 aliphatic heterocycles. The lowest BCUT2D eigenvalue weighted by molar-refractivity contribution is 0.102. The second-order valence-electron chi connectivity index (χ2n) is 8.01. The van der Waals surface area contributed by atoms with Crippen molar-refractivity contribution in [1.29, 1.82) is 0 Å². The molecule has 1 N–H and O–H groups in total. The highest BCUT2D eigenvalue weighted by Crippen LogP contribution is 2.35. The normalized spacial score (nSPS) is 13.7. The third-order valence-electron chi connectivity index (χ3n) is 5.84. The molecule has 0 spiro atoms. The number of methoxy groups -OCH3 is 1. The second-order valence-corrected chi connectivity index (χ2v) is 9.06. The van der Waals surface area contributed by atoms with Gasteiger partial charge >= 0.3 is 0 Å². The maximum absolute atomic E-state index is 14.7. The molecule has 2 aromatic heterocycles. The molecule has 9 heteroatoms. The number of ether oxygens (including phenoxy) is 1. The molecule has 1 amide bonds. The van der Waals surface area contributed by atoms with Crippen LogP contribution < -0.4 is 5.32 Å². The average Bonchev–Trinajstić information content (AvgIpc) is 3.30. The van der Waals surface area contributed by atoms with Gasteiger partial charge in [-0.2, -0.15) is 0 Å². The zero-order valence-corrected chi connectivity index (χ0v) is 18.8. The number of fused-ring (bicyclic) bond motifs is 2. The molecular formula is C24H22F2N4O2S. The van der Waals surface area contributed by atoms with Gasteiger partial charge in [0.15, 0.2) is 5.82 Å². The molecule has 0 fully saturated rings. The molecule has 5 rings (SSSR count). The summed E-state index contributed by atoms with van der Waals surface area (Å²) in [4.78, 5) is 13.4. The standard InChI is InChI=1S/C24H22F2N4O2S/c1-32-13-15-21-17(26)6-5-7-19(21)33-22(15)24(31)27-18-12-14(9-10-16(18)25)23-29-28-20-8-3-2-4-11-30(20)23/h5-7,9-10,12H,2-4,8,11,13H2,1H3,(H,27,31). The number of nitrogens with zero attached hydrogens (tertiary/aromatic N) is 3.